The fourth-order valence-electron chi connectivity index (χ4n) is 3.72. The lowest BCUT2D eigenvalue weighted by Crippen LogP contribution is -2.49. The predicted molar refractivity (Wildman–Crippen MR) is 136 cm³/mol. The molecule has 0 saturated heterocycles. The number of benzene rings is 2. The van der Waals surface area contributed by atoms with Crippen LogP contribution in [0, 0.1) is 0 Å². The summed E-state index contributed by atoms with van der Waals surface area (Å²) >= 11 is 2.51. The lowest BCUT2D eigenvalue weighted by atomic mass is 10.2. The maximum absolute atomic E-state index is 12.9. The highest BCUT2D eigenvalue weighted by atomic mass is 32.2. The second kappa shape index (κ2) is 10.0. The molecule has 0 radical (unpaired) electrons. The molecule has 0 aromatic heterocycles. The zero-order chi connectivity index (χ0) is 24.3. The van der Waals surface area contributed by atoms with Crippen molar-refractivity contribution in [3.63, 3.8) is 0 Å². The summed E-state index contributed by atoms with van der Waals surface area (Å²) in [7, 11) is 1.58. The summed E-state index contributed by atoms with van der Waals surface area (Å²) in [5.41, 5.74) is 2.17. The third-order valence-corrected chi connectivity index (χ3v) is 7.96. The monoisotopic (exact) mass is 499 g/mol. The van der Waals surface area contributed by atoms with Crippen LogP contribution in [0.2, 0.25) is 0 Å². The SMILES string of the molecule is CCOC(=O)C1=NN(c2ccccc2OC)[C@]2(S1)SC(C(=O)OCC)=C(C)N2c1ccccc1. The average molecular weight is 500 g/mol. The van der Waals surface area contributed by atoms with Gasteiger partial charge in [-0.2, -0.15) is 5.10 Å². The molecule has 0 N–H and O–H groups in total. The van der Waals surface area contributed by atoms with Gasteiger partial charge in [-0.3, -0.25) is 0 Å². The Morgan fingerprint density at radius 1 is 0.941 bits per heavy atom. The molecule has 4 rings (SSSR count). The zero-order valence-corrected chi connectivity index (χ0v) is 20.9. The number of ether oxygens (including phenoxy) is 3. The van der Waals surface area contributed by atoms with Crippen LogP contribution in [-0.2, 0) is 19.1 Å². The molecule has 1 atom stereocenters. The summed E-state index contributed by atoms with van der Waals surface area (Å²) in [4.78, 5) is 28.2. The van der Waals surface area contributed by atoms with Gasteiger partial charge in [-0.25, -0.2) is 14.6 Å². The number of methoxy groups -OCH3 is 1. The van der Waals surface area contributed by atoms with Crippen molar-refractivity contribution in [2.45, 2.75) is 25.1 Å². The van der Waals surface area contributed by atoms with Crippen molar-refractivity contribution in [2.75, 3.05) is 30.2 Å². The molecule has 0 saturated carbocycles. The number of carbonyl (C=O) groups excluding carboxylic acids is 2. The lowest BCUT2D eigenvalue weighted by Gasteiger charge is -2.41. The Morgan fingerprint density at radius 2 is 1.59 bits per heavy atom. The molecule has 2 aromatic carbocycles. The predicted octanol–water partition coefficient (Wildman–Crippen LogP) is 4.78. The number of hydrogen-bond donors (Lipinski definition) is 0. The quantitative estimate of drug-likeness (QED) is 0.500. The Balaban J connectivity index is 1.91. The van der Waals surface area contributed by atoms with Gasteiger partial charge in [0.2, 0.25) is 9.37 Å². The van der Waals surface area contributed by atoms with Crippen LogP contribution in [0.4, 0.5) is 11.4 Å². The number of thioether (sulfide) groups is 2. The van der Waals surface area contributed by atoms with E-state index in [1.54, 1.807) is 26.0 Å². The maximum Gasteiger partial charge on any atom is 0.365 e. The number of allylic oxidation sites excluding steroid dienone is 1. The molecule has 34 heavy (non-hydrogen) atoms. The van der Waals surface area contributed by atoms with Crippen LogP contribution in [0.5, 0.6) is 5.75 Å². The highest BCUT2D eigenvalue weighted by Gasteiger charge is 2.59. The first-order valence-electron chi connectivity index (χ1n) is 10.8. The first-order chi connectivity index (χ1) is 16.5. The number of esters is 2. The minimum Gasteiger partial charge on any atom is -0.495 e. The Kier molecular flexibility index (Phi) is 7.08. The van der Waals surface area contributed by atoms with E-state index in [9.17, 15) is 9.59 Å². The van der Waals surface area contributed by atoms with Crippen LogP contribution in [0.25, 0.3) is 0 Å². The topological polar surface area (TPSA) is 80.7 Å². The summed E-state index contributed by atoms with van der Waals surface area (Å²) in [6, 6.07) is 17.1. The largest absolute Gasteiger partial charge is 0.495 e. The fourth-order valence-corrected chi connectivity index (χ4v) is 6.66. The van der Waals surface area contributed by atoms with Crippen LogP contribution in [-0.4, -0.2) is 41.6 Å². The summed E-state index contributed by atoms with van der Waals surface area (Å²) in [6.07, 6.45) is 0. The molecule has 0 aliphatic carbocycles. The Labute approximate surface area is 206 Å². The highest BCUT2D eigenvalue weighted by molar-refractivity contribution is 8.29. The van der Waals surface area contributed by atoms with E-state index < -0.39 is 16.3 Å². The van der Waals surface area contributed by atoms with Gasteiger partial charge in [-0.05, 0) is 56.8 Å². The van der Waals surface area contributed by atoms with Crippen molar-refractivity contribution in [2.24, 2.45) is 5.10 Å². The molecule has 1 spiro atoms. The van der Waals surface area contributed by atoms with E-state index in [-0.39, 0.29) is 18.3 Å². The molecule has 8 nitrogen and oxygen atoms in total. The molecule has 2 aromatic rings. The molecule has 2 aliphatic rings. The van der Waals surface area contributed by atoms with Crippen molar-refractivity contribution in [3.8, 4) is 5.75 Å². The van der Waals surface area contributed by atoms with E-state index in [2.05, 4.69) is 5.10 Å². The van der Waals surface area contributed by atoms with Crippen molar-refractivity contribution >= 4 is 51.9 Å². The van der Waals surface area contributed by atoms with Gasteiger partial charge >= 0.3 is 11.9 Å². The van der Waals surface area contributed by atoms with Gasteiger partial charge in [0.15, 0.2) is 0 Å². The molecule has 0 unspecified atom stereocenters. The first kappa shape index (κ1) is 24.0. The number of anilines is 2. The summed E-state index contributed by atoms with van der Waals surface area (Å²) < 4.78 is 15.2. The normalized spacial score (nSPS) is 19.5. The molecular weight excluding hydrogens is 474 g/mol. The van der Waals surface area contributed by atoms with Crippen LogP contribution in [0.1, 0.15) is 20.8 Å². The van der Waals surface area contributed by atoms with Crippen molar-refractivity contribution in [1.82, 2.24) is 0 Å². The first-order valence-corrected chi connectivity index (χ1v) is 12.4. The minimum absolute atomic E-state index is 0.180. The van der Waals surface area contributed by atoms with E-state index in [1.165, 1.54) is 23.5 Å². The van der Waals surface area contributed by atoms with Crippen molar-refractivity contribution in [3.05, 3.63) is 65.2 Å². The van der Waals surface area contributed by atoms with E-state index >= 15 is 0 Å². The number of rotatable bonds is 7. The Morgan fingerprint density at radius 3 is 2.26 bits per heavy atom. The van der Waals surface area contributed by atoms with Gasteiger partial charge in [0, 0.05) is 11.4 Å². The Hall–Kier alpha value is -3.11. The number of hydrogen-bond acceptors (Lipinski definition) is 10. The van der Waals surface area contributed by atoms with Crippen LogP contribution >= 0.6 is 23.5 Å². The van der Waals surface area contributed by atoms with E-state index in [0.29, 0.717) is 22.0 Å². The van der Waals surface area contributed by atoms with Gasteiger partial charge in [-0.15, -0.1) is 0 Å². The maximum atomic E-state index is 12.9. The molecule has 2 aliphatic heterocycles. The molecule has 2 heterocycles. The number of para-hydroxylation sites is 3. The summed E-state index contributed by atoms with van der Waals surface area (Å²) in [5.74, 6) is -0.375. The summed E-state index contributed by atoms with van der Waals surface area (Å²) in [6.45, 7) is 5.86. The number of carbonyl (C=O) groups is 2. The lowest BCUT2D eigenvalue weighted by molar-refractivity contribution is -0.137. The second-order valence-electron chi connectivity index (χ2n) is 7.17. The van der Waals surface area contributed by atoms with Crippen LogP contribution in [0.15, 0.2) is 70.3 Å². The smallest absolute Gasteiger partial charge is 0.365 e. The standard InChI is InChI=1S/C24H25N3O5S2/c1-5-31-22(28)20-16(3)26(17-12-8-7-9-13-17)24(33-20)27(18-14-10-11-15-19(18)30-4)25-21(34-24)23(29)32-6-2/h7-15H,5-6H2,1-4H3/t24-/m0/s1. The average Bonchev–Trinajstić information content (AvgIpc) is 3.37. The Bertz CT molecular complexity index is 1150. The number of nitrogens with zero attached hydrogens (tertiary/aromatic N) is 3. The van der Waals surface area contributed by atoms with Crippen molar-refractivity contribution < 1.29 is 23.8 Å². The van der Waals surface area contributed by atoms with E-state index in [0.717, 1.165) is 5.69 Å². The van der Waals surface area contributed by atoms with Crippen LogP contribution < -0.4 is 14.6 Å². The van der Waals surface area contributed by atoms with Gasteiger partial charge in [0.05, 0.1) is 20.3 Å². The van der Waals surface area contributed by atoms with Crippen LogP contribution in [0.3, 0.4) is 0 Å². The second-order valence-corrected chi connectivity index (χ2v) is 9.77. The fraction of sp³-hybridized carbons (Fsp3) is 0.292. The van der Waals surface area contributed by atoms with E-state index in [4.69, 9.17) is 14.2 Å². The zero-order valence-electron chi connectivity index (χ0n) is 19.3. The van der Waals surface area contributed by atoms with Gasteiger partial charge < -0.3 is 19.1 Å². The summed E-state index contributed by atoms with van der Waals surface area (Å²) in [5, 5.41) is 6.59. The highest BCUT2D eigenvalue weighted by Crippen LogP contribution is 2.61. The van der Waals surface area contributed by atoms with Gasteiger partial charge in [0.1, 0.15) is 16.3 Å². The van der Waals surface area contributed by atoms with Gasteiger partial charge in [-0.1, -0.05) is 42.1 Å². The number of hydrazone groups is 1. The molecule has 0 fully saturated rings. The van der Waals surface area contributed by atoms with E-state index in [1.807, 2.05) is 66.4 Å². The molecular formula is C24H25N3O5S2. The molecule has 0 amide bonds. The van der Waals surface area contributed by atoms with Crippen molar-refractivity contribution in [1.29, 1.82) is 0 Å². The molecule has 10 heteroatoms. The molecule has 178 valence electrons. The molecule has 0 bridgehead atoms. The third-order valence-electron chi connectivity index (χ3n) is 5.11. The third kappa shape index (κ3) is 4.12. The minimum atomic E-state index is -1.07. The van der Waals surface area contributed by atoms with Gasteiger partial charge in [0.25, 0.3) is 0 Å².